The molecule has 0 radical (unpaired) electrons. The van der Waals surface area contributed by atoms with Gasteiger partial charge in [0.15, 0.2) is 4.80 Å². The largest absolute Gasteiger partial charge is 0.317 e. The number of fused-ring (bicyclic) bond motifs is 1. The number of benzene rings is 2. The first-order valence-electron chi connectivity index (χ1n) is 6.88. The lowest BCUT2D eigenvalue weighted by Crippen LogP contribution is -2.14. The first kappa shape index (κ1) is 14.7. The lowest BCUT2D eigenvalue weighted by atomic mass is 10.1. The molecule has 0 atom stereocenters. The summed E-state index contributed by atoms with van der Waals surface area (Å²) >= 11 is 1.31. The van der Waals surface area contributed by atoms with Crippen molar-refractivity contribution in [2.75, 3.05) is 0 Å². The summed E-state index contributed by atoms with van der Waals surface area (Å²) in [7, 11) is 1.72. The predicted octanol–water partition coefficient (Wildman–Crippen LogP) is 3.74. The van der Waals surface area contributed by atoms with E-state index in [2.05, 4.69) is 4.99 Å². The molecule has 2 aromatic carbocycles. The maximum Gasteiger partial charge on any atom is 0.279 e. The van der Waals surface area contributed by atoms with Crippen molar-refractivity contribution in [2.45, 2.75) is 13.8 Å². The second kappa shape index (κ2) is 5.50. The number of hydrogen-bond acceptors (Lipinski definition) is 2. The fraction of sp³-hybridized carbons (Fsp3) is 0.176. The second-order valence-corrected chi connectivity index (χ2v) is 6.27. The zero-order valence-electron chi connectivity index (χ0n) is 12.6. The van der Waals surface area contributed by atoms with Gasteiger partial charge in [-0.2, -0.15) is 4.99 Å². The van der Waals surface area contributed by atoms with Crippen molar-refractivity contribution < 1.29 is 9.18 Å². The predicted molar refractivity (Wildman–Crippen MR) is 86.6 cm³/mol. The van der Waals surface area contributed by atoms with Crippen molar-refractivity contribution in [3.63, 3.8) is 0 Å². The zero-order valence-corrected chi connectivity index (χ0v) is 13.4. The Morgan fingerprint density at radius 1 is 1.23 bits per heavy atom. The minimum absolute atomic E-state index is 0.302. The van der Waals surface area contributed by atoms with Crippen LogP contribution in [0.5, 0.6) is 0 Å². The first-order chi connectivity index (χ1) is 10.5. The summed E-state index contributed by atoms with van der Waals surface area (Å²) in [6.07, 6.45) is 0. The Kier molecular flexibility index (Phi) is 3.66. The van der Waals surface area contributed by atoms with Crippen LogP contribution < -0.4 is 4.80 Å². The summed E-state index contributed by atoms with van der Waals surface area (Å²) in [5.74, 6) is -0.611. The lowest BCUT2D eigenvalue weighted by molar-refractivity contribution is 0.0997. The number of carbonyl (C=O) groups is 1. The molecule has 112 valence electrons. The molecule has 3 rings (SSSR count). The molecule has 5 heteroatoms. The van der Waals surface area contributed by atoms with E-state index in [-0.39, 0.29) is 11.7 Å². The molecule has 22 heavy (non-hydrogen) atoms. The van der Waals surface area contributed by atoms with Crippen LogP contribution in [0.25, 0.3) is 10.2 Å². The van der Waals surface area contributed by atoms with E-state index in [9.17, 15) is 9.18 Å². The summed E-state index contributed by atoms with van der Waals surface area (Å²) in [6.45, 7) is 3.82. The third kappa shape index (κ3) is 2.48. The number of hydrogen-bond donors (Lipinski definition) is 0. The molecule has 0 aliphatic carbocycles. The van der Waals surface area contributed by atoms with Crippen molar-refractivity contribution in [3.8, 4) is 0 Å². The molecule has 0 spiro atoms. The number of thiazole rings is 1. The highest BCUT2D eigenvalue weighted by Gasteiger charge is 2.11. The Bertz CT molecular complexity index is 953. The molecule has 1 aromatic heterocycles. The molecule has 0 bridgehead atoms. The van der Waals surface area contributed by atoms with Crippen molar-refractivity contribution in [1.82, 2.24) is 4.57 Å². The Morgan fingerprint density at radius 3 is 2.73 bits per heavy atom. The van der Waals surface area contributed by atoms with Crippen LogP contribution in [0.1, 0.15) is 21.5 Å². The maximum atomic E-state index is 13.9. The average molecular weight is 314 g/mol. The highest BCUT2D eigenvalue weighted by molar-refractivity contribution is 7.16. The Balaban J connectivity index is 2.16. The van der Waals surface area contributed by atoms with Gasteiger partial charge >= 0.3 is 0 Å². The van der Waals surface area contributed by atoms with E-state index in [0.29, 0.717) is 15.9 Å². The van der Waals surface area contributed by atoms with Crippen molar-refractivity contribution in [3.05, 3.63) is 63.7 Å². The highest BCUT2D eigenvalue weighted by Crippen LogP contribution is 2.19. The molecule has 0 unspecified atom stereocenters. The molecule has 0 saturated heterocycles. The van der Waals surface area contributed by atoms with Crippen LogP contribution in [0, 0.1) is 19.7 Å². The summed E-state index contributed by atoms with van der Waals surface area (Å²) in [4.78, 5) is 17.1. The van der Waals surface area contributed by atoms with E-state index in [1.807, 2.05) is 38.1 Å². The number of amides is 1. The summed E-state index contributed by atoms with van der Waals surface area (Å²) < 4.78 is 16.3. The summed E-state index contributed by atoms with van der Waals surface area (Å²) in [5, 5.41) is 0. The molecular formula is C17H15FN2OS. The van der Waals surface area contributed by atoms with Crippen LogP contribution in [0.2, 0.25) is 0 Å². The molecular weight excluding hydrogens is 299 g/mol. The molecule has 0 aliphatic heterocycles. The normalized spacial score (nSPS) is 12.1. The molecule has 1 amide bonds. The van der Waals surface area contributed by atoms with Gasteiger partial charge in [0, 0.05) is 12.6 Å². The van der Waals surface area contributed by atoms with E-state index >= 15 is 0 Å². The average Bonchev–Trinajstić information content (AvgIpc) is 2.79. The van der Waals surface area contributed by atoms with E-state index in [1.54, 1.807) is 17.7 Å². The van der Waals surface area contributed by atoms with Crippen LogP contribution in [-0.2, 0) is 7.05 Å². The Hall–Kier alpha value is -2.27. The van der Waals surface area contributed by atoms with Crippen LogP contribution in [0.4, 0.5) is 4.39 Å². The number of carbonyl (C=O) groups excluding carboxylic acids is 1. The van der Waals surface area contributed by atoms with Gasteiger partial charge in [0.05, 0.1) is 10.2 Å². The van der Waals surface area contributed by atoms with Gasteiger partial charge in [-0.3, -0.25) is 4.79 Å². The van der Waals surface area contributed by atoms with Crippen LogP contribution in [0.15, 0.2) is 41.4 Å². The Morgan fingerprint density at radius 2 is 2.00 bits per heavy atom. The molecule has 3 aromatic rings. The van der Waals surface area contributed by atoms with Crippen LogP contribution >= 0.6 is 11.3 Å². The monoisotopic (exact) mass is 314 g/mol. The summed E-state index contributed by atoms with van der Waals surface area (Å²) in [6, 6.07) is 10.6. The highest BCUT2D eigenvalue weighted by atomic mass is 32.1. The first-order valence-corrected chi connectivity index (χ1v) is 7.69. The second-order valence-electron chi connectivity index (χ2n) is 5.27. The lowest BCUT2D eigenvalue weighted by Gasteiger charge is -2.02. The van der Waals surface area contributed by atoms with Crippen molar-refractivity contribution in [2.24, 2.45) is 12.0 Å². The quantitative estimate of drug-likeness (QED) is 0.674. The molecule has 0 N–H and O–H groups in total. The van der Waals surface area contributed by atoms with Gasteiger partial charge in [0.1, 0.15) is 5.82 Å². The molecule has 0 fully saturated rings. The SMILES string of the molecule is Cc1ccc(C)c(C(=O)N=c2sc3cccc(F)c3n2C)c1. The van der Waals surface area contributed by atoms with E-state index in [0.717, 1.165) is 15.8 Å². The van der Waals surface area contributed by atoms with Gasteiger partial charge < -0.3 is 4.57 Å². The fourth-order valence-corrected chi connectivity index (χ4v) is 3.41. The number of aryl methyl sites for hydroxylation is 3. The maximum absolute atomic E-state index is 13.9. The third-order valence-electron chi connectivity index (χ3n) is 3.59. The van der Waals surface area contributed by atoms with Crippen molar-refractivity contribution in [1.29, 1.82) is 0 Å². The fourth-order valence-electron chi connectivity index (χ4n) is 2.38. The minimum atomic E-state index is -0.308. The van der Waals surface area contributed by atoms with Gasteiger partial charge in [-0.25, -0.2) is 4.39 Å². The topological polar surface area (TPSA) is 34.4 Å². The minimum Gasteiger partial charge on any atom is -0.317 e. The van der Waals surface area contributed by atoms with E-state index < -0.39 is 0 Å². The molecule has 1 heterocycles. The van der Waals surface area contributed by atoms with Gasteiger partial charge in [-0.1, -0.05) is 35.1 Å². The number of nitrogens with zero attached hydrogens (tertiary/aromatic N) is 2. The van der Waals surface area contributed by atoms with Crippen molar-refractivity contribution >= 4 is 27.5 Å². The zero-order chi connectivity index (χ0) is 15.9. The van der Waals surface area contributed by atoms with E-state index in [4.69, 9.17) is 0 Å². The number of halogens is 1. The number of rotatable bonds is 1. The Labute approximate surface area is 131 Å². The number of para-hydroxylation sites is 1. The van der Waals surface area contributed by atoms with Gasteiger partial charge in [-0.05, 0) is 37.6 Å². The van der Waals surface area contributed by atoms with Gasteiger partial charge in [-0.15, -0.1) is 0 Å². The van der Waals surface area contributed by atoms with E-state index in [1.165, 1.54) is 17.4 Å². The molecule has 0 saturated carbocycles. The summed E-state index contributed by atoms with van der Waals surface area (Å²) in [5.41, 5.74) is 2.95. The third-order valence-corrected chi connectivity index (χ3v) is 4.69. The van der Waals surface area contributed by atoms with Gasteiger partial charge in [0.25, 0.3) is 5.91 Å². The van der Waals surface area contributed by atoms with Crippen LogP contribution in [0.3, 0.4) is 0 Å². The van der Waals surface area contributed by atoms with Gasteiger partial charge in [0.2, 0.25) is 0 Å². The molecule has 3 nitrogen and oxygen atoms in total. The molecule has 0 aliphatic rings. The number of aromatic nitrogens is 1. The van der Waals surface area contributed by atoms with Crippen LogP contribution in [-0.4, -0.2) is 10.5 Å². The smallest absolute Gasteiger partial charge is 0.279 e. The standard InChI is InChI=1S/C17H15FN2OS/c1-10-7-8-11(2)12(9-10)16(21)19-17-20(3)15-13(18)5-4-6-14(15)22-17/h4-9H,1-3H3.